The van der Waals surface area contributed by atoms with E-state index in [2.05, 4.69) is 29.2 Å². The van der Waals surface area contributed by atoms with Gasteiger partial charge in [0.25, 0.3) is 0 Å². The lowest BCUT2D eigenvalue weighted by atomic mass is 10.1. The highest BCUT2D eigenvalue weighted by molar-refractivity contribution is 6.31. The fraction of sp³-hybridized carbons (Fsp3) is 0.421. The second kappa shape index (κ2) is 7.83. The van der Waals surface area contributed by atoms with Gasteiger partial charge in [-0.25, -0.2) is 0 Å². The van der Waals surface area contributed by atoms with Crippen LogP contribution in [0.2, 0.25) is 5.15 Å². The molecule has 0 atom stereocenters. The number of carbonyl (C=O) groups excluding carboxylic acids is 1. The van der Waals surface area contributed by atoms with Crippen LogP contribution in [-0.4, -0.2) is 20.7 Å². The zero-order valence-corrected chi connectivity index (χ0v) is 16.4. The van der Waals surface area contributed by atoms with Gasteiger partial charge in [-0.3, -0.25) is 14.5 Å². The lowest BCUT2D eigenvalue weighted by Gasteiger charge is -2.10. The summed E-state index contributed by atoms with van der Waals surface area (Å²) >= 11 is 6.39. The summed E-state index contributed by atoms with van der Waals surface area (Å²) in [5, 5.41) is 7.89. The molecule has 1 N–H and O–H groups in total. The molecule has 0 unspecified atom stereocenters. The molecule has 5 nitrogen and oxygen atoms in total. The standard InChI is InChI=1S/C19H25ClN4O/c1-11(2)10-24-19(20)16(14(5)23-24)7-8-17(25)22-18-12(3)9-13(4)21-15(18)6/h7-9,11H,10H2,1-6H3,(H,22,25). The first kappa shape index (κ1) is 19.2. The van der Waals surface area contributed by atoms with Crippen molar-refractivity contribution in [2.45, 2.75) is 48.1 Å². The highest BCUT2D eigenvalue weighted by atomic mass is 35.5. The topological polar surface area (TPSA) is 59.8 Å². The summed E-state index contributed by atoms with van der Waals surface area (Å²) in [6.45, 7) is 12.6. The molecule has 0 spiro atoms. The molecule has 0 aromatic carbocycles. The van der Waals surface area contributed by atoms with Crippen LogP contribution >= 0.6 is 11.6 Å². The van der Waals surface area contributed by atoms with Gasteiger partial charge in [-0.1, -0.05) is 25.4 Å². The number of nitrogens with one attached hydrogen (secondary N) is 1. The Labute approximate surface area is 154 Å². The summed E-state index contributed by atoms with van der Waals surface area (Å²) < 4.78 is 1.78. The lowest BCUT2D eigenvalue weighted by molar-refractivity contribution is -0.111. The minimum atomic E-state index is -0.219. The number of pyridine rings is 1. The molecule has 0 aliphatic heterocycles. The second-order valence-electron chi connectivity index (χ2n) is 6.73. The van der Waals surface area contributed by atoms with Crippen molar-refractivity contribution in [1.29, 1.82) is 0 Å². The molecule has 2 rings (SSSR count). The molecule has 0 aliphatic carbocycles. The van der Waals surface area contributed by atoms with Gasteiger partial charge in [0.2, 0.25) is 5.91 Å². The zero-order chi connectivity index (χ0) is 18.7. The Kier molecular flexibility index (Phi) is 6.01. The molecule has 0 radical (unpaired) electrons. The Bertz CT molecular complexity index is 798. The van der Waals surface area contributed by atoms with Gasteiger partial charge in [0.1, 0.15) is 5.15 Å². The smallest absolute Gasteiger partial charge is 0.248 e. The Morgan fingerprint density at radius 3 is 2.56 bits per heavy atom. The Balaban J connectivity index is 2.18. The fourth-order valence-corrected chi connectivity index (χ4v) is 3.07. The van der Waals surface area contributed by atoms with Crippen LogP contribution in [0.1, 0.15) is 42.1 Å². The van der Waals surface area contributed by atoms with Crippen LogP contribution in [0.5, 0.6) is 0 Å². The Morgan fingerprint density at radius 1 is 1.28 bits per heavy atom. The number of rotatable bonds is 5. The van der Waals surface area contributed by atoms with Crippen LogP contribution in [0.4, 0.5) is 5.69 Å². The van der Waals surface area contributed by atoms with Gasteiger partial charge >= 0.3 is 0 Å². The fourth-order valence-electron chi connectivity index (χ4n) is 2.76. The van der Waals surface area contributed by atoms with Gasteiger partial charge in [-0.05, 0) is 51.3 Å². The van der Waals surface area contributed by atoms with Crippen molar-refractivity contribution in [2.24, 2.45) is 5.92 Å². The quantitative estimate of drug-likeness (QED) is 0.800. The predicted molar refractivity (Wildman–Crippen MR) is 103 cm³/mol. The molecule has 0 saturated carbocycles. The third-order valence-electron chi connectivity index (χ3n) is 3.82. The van der Waals surface area contributed by atoms with Crippen LogP contribution in [0, 0.1) is 33.6 Å². The number of nitrogens with zero attached hydrogens (tertiary/aromatic N) is 3. The van der Waals surface area contributed by atoms with Crippen molar-refractivity contribution >= 4 is 29.3 Å². The number of hydrogen-bond acceptors (Lipinski definition) is 3. The van der Waals surface area contributed by atoms with E-state index < -0.39 is 0 Å². The molecule has 0 aliphatic rings. The third kappa shape index (κ3) is 4.69. The molecular weight excluding hydrogens is 336 g/mol. The highest BCUT2D eigenvalue weighted by Gasteiger charge is 2.13. The normalized spacial score (nSPS) is 11.5. The van der Waals surface area contributed by atoms with Gasteiger partial charge in [-0.15, -0.1) is 0 Å². The summed E-state index contributed by atoms with van der Waals surface area (Å²) in [5.41, 5.74) is 5.05. The molecule has 134 valence electrons. The second-order valence-corrected chi connectivity index (χ2v) is 7.09. The van der Waals surface area contributed by atoms with E-state index in [0.29, 0.717) is 11.1 Å². The molecular formula is C19H25ClN4O. The number of anilines is 1. The van der Waals surface area contributed by atoms with Gasteiger partial charge in [0, 0.05) is 23.9 Å². The van der Waals surface area contributed by atoms with E-state index in [0.717, 1.165) is 40.4 Å². The first-order chi connectivity index (χ1) is 11.7. The monoisotopic (exact) mass is 360 g/mol. The number of aromatic nitrogens is 3. The van der Waals surface area contributed by atoms with Crippen molar-refractivity contribution in [2.75, 3.05) is 5.32 Å². The molecule has 2 aromatic rings. The SMILES string of the molecule is Cc1cc(C)c(NC(=O)C=Cc2c(C)nn(CC(C)C)c2Cl)c(C)n1. The van der Waals surface area contributed by atoms with Crippen molar-refractivity contribution < 1.29 is 4.79 Å². The Morgan fingerprint density at radius 2 is 1.96 bits per heavy atom. The van der Waals surface area contributed by atoms with Crippen LogP contribution < -0.4 is 5.32 Å². The summed E-state index contributed by atoms with van der Waals surface area (Å²) in [6.07, 6.45) is 3.19. The number of hydrogen-bond donors (Lipinski definition) is 1. The Hall–Kier alpha value is -2.14. The van der Waals surface area contributed by atoms with E-state index in [1.807, 2.05) is 33.8 Å². The van der Waals surface area contributed by atoms with Crippen LogP contribution in [0.25, 0.3) is 6.08 Å². The summed E-state index contributed by atoms with van der Waals surface area (Å²) in [7, 11) is 0. The maximum absolute atomic E-state index is 12.3. The maximum atomic E-state index is 12.3. The summed E-state index contributed by atoms with van der Waals surface area (Å²) in [6, 6.07) is 1.95. The van der Waals surface area contributed by atoms with Gasteiger partial charge in [0.15, 0.2) is 0 Å². The number of amides is 1. The number of aryl methyl sites for hydroxylation is 4. The molecule has 0 bridgehead atoms. The van der Waals surface area contributed by atoms with E-state index in [1.165, 1.54) is 6.08 Å². The van der Waals surface area contributed by atoms with Gasteiger partial charge in [0.05, 0.1) is 17.1 Å². The molecule has 2 aromatic heterocycles. The largest absolute Gasteiger partial charge is 0.321 e. The van der Waals surface area contributed by atoms with Gasteiger partial charge in [-0.2, -0.15) is 5.10 Å². The van der Waals surface area contributed by atoms with E-state index >= 15 is 0 Å². The van der Waals surface area contributed by atoms with Gasteiger partial charge < -0.3 is 5.32 Å². The maximum Gasteiger partial charge on any atom is 0.248 e. The average molecular weight is 361 g/mol. The van der Waals surface area contributed by atoms with E-state index in [9.17, 15) is 4.79 Å². The van der Waals surface area contributed by atoms with Crippen LogP contribution in [-0.2, 0) is 11.3 Å². The predicted octanol–water partition coefficient (Wildman–Crippen LogP) is 4.47. The van der Waals surface area contributed by atoms with E-state index in [1.54, 1.807) is 10.8 Å². The molecule has 2 heterocycles. The van der Waals surface area contributed by atoms with E-state index in [4.69, 9.17) is 11.6 Å². The summed E-state index contributed by atoms with van der Waals surface area (Å²) in [4.78, 5) is 16.7. The molecule has 6 heteroatoms. The zero-order valence-electron chi connectivity index (χ0n) is 15.6. The molecule has 0 saturated heterocycles. The summed E-state index contributed by atoms with van der Waals surface area (Å²) in [5.74, 6) is 0.223. The van der Waals surface area contributed by atoms with Crippen molar-refractivity contribution in [3.8, 4) is 0 Å². The van der Waals surface area contributed by atoms with Crippen molar-refractivity contribution in [1.82, 2.24) is 14.8 Å². The lowest BCUT2D eigenvalue weighted by Crippen LogP contribution is -2.11. The first-order valence-corrected chi connectivity index (χ1v) is 8.73. The molecule has 0 fully saturated rings. The number of carbonyl (C=O) groups is 1. The minimum absolute atomic E-state index is 0.219. The van der Waals surface area contributed by atoms with Crippen molar-refractivity contribution in [3.63, 3.8) is 0 Å². The molecule has 25 heavy (non-hydrogen) atoms. The van der Waals surface area contributed by atoms with Crippen LogP contribution in [0.3, 0.4) is 0 Å². The first-order valence-electron chi connectivity index (χ1n) is 8.35. The highest BCUT2D eigenvalue weighted by Crippen LogP contribution is 2.23. The molecule has 1 amide bonds. The van der Waals surface area contributed by atoms with Crippen LogP contribution in [0.15, 0.2) is 12.1 Å². The minimum Gasteiger partial charge on any atom is -0.321 e. The number of halogens is 1. The van der Waals surface area contributed by atoms with E-state index in [-0.39, 0.29) is 5.91 Å². The average Bonchev–Trinajstić information content (AvgIpc) is 2.74. The van der Waals surface area contributed by atoms with Crippen molar-refractivity contribution in [3.05, 3.63) is 45.5 Å². The third-order valence-corrected chi connectivity index (χ3v) is 4.22.